The number of amides is 2. The Bertz CT molecular complexity index is 791. The Morgan fingerprint density at radius 3 is 2.44 bits per heavy atom. The minimum absolute atomic E-state index is 0.180. The molecular formula is C15H14F3N5O2. The number of nitrogens with one attached hydrogen (secondary N) is 2. The minimum Gasteiger partial charge on any atom is -0.383 e. The topological polar surface area (TPSA) is 110 Å². The van der Waals surface area contributed by atoms with Crippen molar-refractivity contribution in [2.24, 2.45) is 0 Å². The summed E-state index contributed by atoms with van der Waals surface area (Å²) in [4.78, 5) is 30.9. The zero-order valence-electron chi connectivity index (χ0n) is 13.0. The van der Waals surface area contributed by atoms with Crippen LogP contribution in [0.25, 0.3) is 0 Å². The van der Waals surface area contributed by atoms with Gasteiger partial charge < -0.3 is 16.4 Å². The van der Waals surface area contributed by atoms with Crippen LogP contribution in [0.15, 0.2) is 30.6 Å². The third-order valence-electron chi connectivity index (χ3n) is 3.16. The van der Waals surface area contributed by atoms with E-state index in [1.165, 1.54) is 6.20 Å². The standard InChI is InChI=1S/C15H14F3N5O2/c1-8-4-11(7-21-12(8)19)23-14(25)13(24)22-6-10-3-2-9(5-20-10)15(16,17)18/h2-5,7H,6H2,1H3,(H2,19,21)(H,22,24)(H,23,25). The molecule has 2 amide bonds. The maximum Gasteiger partial charge on any atom is 0.417 e. The third-order valence-corrected chi connectivity index (χ3v) is 3.16. The Morgan fingerprint density at radius 1 is 1.16 bits per heavy atom. The number of nitrogens with two attached hydrogens (primary N) is 1. The maximum atomic E-state index is 12.4. The van der Waals surface area contributed by atoms with Crippen molar-refractivity contribution in [1.29, 1.82) is 0 Å². The van der Waals surface area contributed by atoms with Crippen LogP contribution in [0.4, 0.5) is 24.7 Å². The molecule has 2 aromatic heterocycles. The number of hydrogen-bond donors (Lipinski definition) is 3. The van der Waals surface area contributed by atoms with E-state index in [0.29, 0.717) is 23.3 Å². The highest BCUT2D eigenvalue weighted by Gasteiger charge is 2.30. The Hall–Kier alpha value is -3.17. The Balaban J connectivity index is 1.91. The molecule has 0 atom stereocenters. The molecule has 132 valence electrons. The van der Waals surface area contributed by atoms with Crippen molar-refractivity contribution in [2.45, 2.75) is 19.6 Å². The largest absolute Gasteiger partial charge is 0.417 e. The van der Waals surface area contributed by atoms with Crippen LogP contribution < -0.4 is 16.4 Å². The van der Waals surface area contributed by atoms with Crippen molar-refractivity contribution in [3.05, 3.63) is 47.4 Å². The van der Waals surface area contributed by atoms with Crippen LogP contribution in [0, 0.1) is 6.92 Å². The van der Waals surface area contributed by atoms with Gasteiger partial charge in [0.05, 0.1) is 29.7 Å². The summed E-state index contributed by atoms with van der Waals surface area (Å²) >= 11 is 0. The van der Waals surface area contributed by atoms with Crippen LogP contribution >= 0.6 is 0 Å². The molecule has 10 heteroatoms. The number of nitrogen functional groups attached to an aromatic ring is 1. The van der Waals surface area contributed by atoms with E-state index >= 15 is 0 Å². The highest BCUT2D eigenvalue weighted by atomic mass is 19.4. The van der Waals surface area contributed by atoms with E-state index < -0.39 is 23.6 Å². The summed E-state index contributed by atoms with van der Waals surface area (Å²) < 4.78 is 37.3. The van der Waals surface area contributed by atoms with E-state index in [2.05, 4.69) is 20.6 Å². The second-order valence-corrected chi connectivity index (χ2v) is 5.10. The van der Waals surface area contributed by atoms with Gasteiger partial charge in [0.15, 0.2) is 0 Å². The summed E-state index contributed by atoms with van der Waals surface area (Å²) in [7, 11) is 0. The molecule has 4 N–H and O–H groups in total. The van der Waals surface area contributed by atoms with Gasteiger partial charge in [-0.3, -0.25) is 14.6 Å². The van der Waals surface area contributed by atoms with E-state index in [9.17, 15) is 22.8 Å². The lowest BCUT2D eigenvalue weighted by Gasteiger charge is -2.09. The molecule has 0 aromatic carbocycles. The lowest BCUT2D eigenvalue weighted by molar-refractivity contribution is -0.137. The molecule has 0 aliphatic heterocycles. The molecule has 2 heterocycles. The quantitative estimate of drug-likeness (QED) is 0.727. The second-order valence-electron chi connectivity index (χ2n) is 5.10. The van der Waals surface area contributed by atoms with E-state index in [1.54, 1.807) is 13.0 Å². The van der Waals surface area contributed by atoms with Crippen molar-refractivity contribution in [2.75, 3.05) is 11.1 Å². The van der Waals surface area contributed by atoms with Gasteiger partial charge in [-0.25, -0.2) is 4.98 Å². The van der Waals surface area contributed by atoms with Crippen LogP contribution in [0.5, 0.6) is 0 Å². The number of pyridine rings is 2. The van der Waals surface area contributed by atoms with Crippen molar-refractivity contribution >= 4 is 23.3 Å². The van der Waals surface area contributed by atoms with Gasteiger partial charge in [-0.2, -0.15) is 13.2 Å². The predicted molar refractivity (Wildman–Crippen MR) is 83.1 cm³/mol. The van der Waals surface area contributed by atoms with Crippen molar-refractivity contribution in [3.63, 3.8) is 0 Å². The summed E-state index contributed by atoms with van der Waals surface area (Å²) in [5.41, 5.74) is 5.75. The number of nitrogens with zero attached hydrogens (tertiary/aromatic N) is 2. The minimum atomic E-state index is -4.49. The van der Waals surface area contributed by atoms with Gasteiger partial charge in [-0.05, 0) is 30.7 Å². The van der Waals surface area contributed by atoms with E-state index in [-0.39, 0.29) is 12.2 Å². The molecule has 0 spiro atoms. The maximum absolute atomic E-state index is 12.4. The zero-order chi connectivity index (χ0) is 18.6. The fourth-order valence-electron chi connectivity index (χ4n) is 1.79. The Labute approximate surface area is 140 Å². The molecule has 0 bridgehead atoms. The SMILES string of the molecule is Cc1cc(NC(=O)C(=O)NCc2ccc(C(F)(F)F)cn2)cnc1N. The van der Waals surface area contributed by atoms with Crippen LogP contribution in [0.3, 0.4) is 0 Å². The molecule has 25 heavy (non-hydrogen) atoms. The molecule has 0 saturated carbocycles. The van der Waals surface area contributed by atoms with Gasteiger partial charge in [-0.15, -0.1) is 0 Å². The first kappa shape index (κ1) is 18.2. The van der Waals surface area contributed by atoms with Gasteiger partial charge in [0.25, 0.3) is 0 Å². The number of halogens is 3. The molecule has 0 radical (unpaired) electrons. The molecule has 0 aliphatic rings. The van der Waals surface area contributed by atoms with Crippen LogP contribution in [0.2, 0.25) is 0 Å². The Kier molecular flexibility index (Phi) is 5.20. The van der Waals surface area contributed by atoms with Crippen LogP contribution in [0.1, 0.15) is 16.8 Å². The molecular weight excluding hydrogens is 339 g/mol. The molecule has 0 fully saturated rings. The number of carbonyl (C=O) groups excluding carboxylic acids is 2. The zero-order valence-corrected chi connectivity index (χ0v) is 13.0. The van der Waals surface area contributed by atoms with E-state index in [4.69, 9.17) is 5.73 Å². The second kappa shape index (κ2) is 7.16. The molecule has 2 rings (SSSR count). The monoisotopic (exact) mass is 353 g/mol. The number of anilines is 2. The molecule has 7 nitrogen and oxygen atoms in total. The fraction of sp³-hybridized carbons (Fsp3) is 0.200. The lowest BCUT2D eigenvalue weighted by Crippen LogP contribution is -2.35. The van der Waals surface area contributed by atoms with Crippen molar-refractivity contribution in [3.8, 4) is 0 Å². The lowest BCUT2D eigenvalue weighted by atomic mass is 10.2. The van der Waals surface area contributed by atoms with Crippen LogP contribution in [-0.4, -0.2) is 21.8 Å². The number of carbonyl (C=O) groups is 2. The highest BCUT2D eigenvalue weighted by molar-refractivity contribution is 6.39. The first-order valence-electron chi connectivity index (χ1n) is 7.00. The van der Waals surface area contributed by atoms with E-state index in [0.717, 1.165) is 12.1 Å². The summed E-state index contributed by atoms with van der Waals surface area (Å²) in [6, 6.07) is 3.51. The number of aryl methyl sites for hydroxylation is 1. The fourth-order valence-corrected chi connectivity index (χ4v) is 1.79. The van der Waals surface area contributed by atoms with Gasteiger partial charge in [0.2, 0.25) is 0 Å². The molecule has 0 saturated heterocycles. The number of alkyl halides is 3. The average Bonchev–Trinajstić information content (AvgIpc) is 2.55. The first-order chi connectivity index (χ1) is 11.7. The normalized spacial score (nSPS) is 11.0. The average molecular weight is 353 g/mol. The number of rotatable bonds is 3. The summed E-state index contributed by atoms with van der Waals surface area (Å²) in [5, 5.41) is 4.60. The number of hydrogen-bond acceptors (Lipinski definition) is 5. The predicted octanol–water partition coefficient (Wildman–Crippen LogP) is 1.64. The Morgan fingerprint density at radius 2 is 1.88 bits per heavy atom. The smallest absolute Gasteiger partial charge is 0.383 e. The van der Waals surface area contributed by atoms with Gasteiger partial charge in [0.1, 0.15) is 5.82 Å². The third kappa shape index (κ3) is 4.90. The molecule has 2 aromatic rings. The van der Waals surface area contributed by atoms with Crippen molar-refractivity contribution < 1.29 is 22.8 Å². The first-order valence-corrected chi connectivity index (χ1v) is 7.00. The summed E-state index contributed by atoms with van der Waals surface area (Å²) in [5.74, 6) is -1.61. The number of aromatic nitrogens is 2. The van der Waals surface area contributed by atoms with Crippen LogP contribution in [-0.2, 0) is 22.3 Å². The summed E-state index contributed by atoms with van der Waals surface area (Å²) in [6.45, 7) is 1.50. The van der Waals surface area contributed by atoms with Gasteiger partial charge in [0, 0.05) is 6.20 Å². The van der Waals surface area contributed by atoms with Gasteiger partial charge >= 0.3 is 18.0 Å². The summed E-state index contributed by atoms with van der Waals surface area (Å²) in [6.07, 6.45) is -2.53. The van der Waals surface area contributed by atoms with E-state index in [1.807, 2.05) is 0 Å². The molecule has 0 unspecified atom stereocenters. The molecule has 0 aliphatic carbocycles. The van der Waals surface area contributed by atoms with Gasteiger partial charge in [-0.1, -0.05) is 0 Å². The highest BCUT2D eigenvalue weighted by Crippen LogP contribution is 2.28. The van der Waals surface area contributed by atoms with Crippen molar-refractivity contribution in [1.82, 2.24) is 15.3 Å².